The van der Waals surface area contributed by atoms with E-state index in [1.54, 1.807) is 0 Å². The Hall–Kier alpha value is -0.980. The molecule has 0 bridgehead atoms. The summed E-state index contributed by atoms with van der Waals surface area (Å²) in [5.41, 5.74) is 1.52. The Morgan fingerprint density at radius 2 is 2.08 bits per heavy atom. The number of carbonyl (C=O) groups excluding carboxylic acids is 1. The van der Waals surface area contributed by atoms with Crippen molar-refractivity contribution in [3.63, 3.8) is 0 Å². The van der Waals surface area contributed by atoms with Gasteiger partial charge in [-0.2, -0.15) is 0 Å². The number of piperazine rings is 1. The minimum absolute atomic E-state index is 0.147. The number of hydrogen-bond acceptors (Lipinski definition) is 5. The maximum atomic E-state index is 11.7. The summed E-state index contributed by atoms with van der Waals surface area (Å²) in [6.45, 7) is 5.03. The van der Waals surface area contributed by atoms with E-state index in [1.165, 1.54) is 41.3 Å². The van der Waals surface area contributed by atoms with Gasteiger partial charge < -0.3 is 5.32 Å². The van der Waals surface area contributed by atoms with E-state index in [4.69, 9.17) is 4.98 Å². The maximum absolute atomic E-state index is 11.7. The van der Waals surface area contributed by atoms with Crippen molar-refractivity contribution in [1.29, 1.82) is 0 Å². The molecule has 1 aliphatic carbocycles. The highest BCUT2D eigenvalue weighted by molar-refractivity contribution is 7.11. The highest BCUT2D eigenvalue weighted by atomic mass is 32.1. The van der Waals surface area contributed by atoms with Gasteiger partial charge in [0.1, 0.15) is 5.01 Å². The molecule has 1 aromatic rings. The van der Waals surface area contributed by atoms with E-state index in [9.17, 15) is 4.79 Å². The number of aryl methyl sites for hydroxylation is 2. The fourth-order valence-electron chi connectivity index (χ4n) is 4.48. The summed E-state index contributed by atoms with van der Waals surface area (Å²) in [5, 5.41) is 4.34. The molecule has 2 fully saturated rings. The molecule has 1 unspecified atom stereocenters. The van der Waals surface area contributed by atoms with Gasteiger partial charge in [0, 0.05) is 43.0 Å². The fourth-order valence-corrected chi connectivity index (χ4v) is 5.68. The van der Waals surface area contributed by atoms with Crippen LogP contribution < -0.4 is 5.32 Å². The van der Waals surface area contributed by atoms with Crippen LogP contribution in [-0.2, 0) is 24.2 Å². The van der Waals surface area contributed by atoms with Crippen molar-refractivity contribution < 1.29 is 4.79 Å². The molecule has 0 saturated carbocycles. The number of nitrogens with one attached hydrogen (secondary N) is 1. The van der Waals surface area contributed by atoms with Gasteiger partial charge in [0.05, 0.1) is 12.2 Å². The molecule has 6 heteroatoms. The van der Waals surface area contributed by atoms with E-state index >= 15 is 0 Å². The number of hydrogen-bond donors (Lipinski definition) is 1. The Labute approximate surface area is 148 Å². The zero-order valence-corrected chi connectivity index (χ0v) is 15.5. The van der Waals surface area contributed by atoms with Crippen molar-refractivity contribution in [2.24, 2.45) is 0 Å². The molecule has 0 aromatic carbocycles. The summed E-state index contributed by atoms with van der Waals surface area (Å²) in [4.78, 5) is 23.3. The molecule has 1 N–H and O–H groups in total. The second kappa shape index (κ2) is 6.73. The van der Waals surface area contributed by atoms with Crippen LogP contribution in [0.3, 0.4) is 0 Å². The number of carbonyl (C=O) groups is 1. The lowest BCUT2D eigenvalue weighted by Gasteiger charge is -2.49. The topological polar surface area (TPSA) is 48.5 Å². The molecule has 1 atom stereocenters. The Bertz CT molecular complexity index is 593. The van der Waals surface area contributed by atoms with E-state index < -0.39 is 0 Å². The van der Waals surface area contributed by atoms with Crippen molar-refractivity contribution in [3.05, 3.63) is 15.6 Å². The van der Waals surface area contributed by atoms with Crippen molar-refractivity contribution in [3.8, 4) is 0 Å². The first-order chi connectivity index (χ1) is 11.6. The highest BCUT2D eigenvalue weighted by Crippen LogP contribution is 2.32. The number of amides is 1. The van der Waals surface area contributed by atoms with Crippen molar-refractivity contribution in [2.45, 2.75) is 57.0 Å². The lowest BCUT2D eigenvalue weighted by Crippen LogP contribution is -2.60. The predicted octanol–water partition coefficient (Wildman–Crippen LogP) is 1.81. The SMILES string of the molecule is CN1CCN(Cc2nc3c(s2)CCCC3)CC12CCNC(=O)CC2. The van der Waals surface area contributed by atoms with Crippen LogP contribution in [0.4, 0.5) is 0 Å². The number of aromatic nitrogens is 1. The van der Waals surface area contributed by atoms with Gasteiger partial charge in [0.15, 0.2) is 0 Å². The van der Waals surface area contributed by atoms with Crippen LogP contribution in [-0.4, -0.2) is 59.5 Å². The molecule has 1 amide bonds. The van der Waals surface area contributed by atoms with Gasteiger partial charge in [-0.25, -0.2) is 4.98 Å². The third-order valence-corrected chi connectivity index (χ3v) is 7.20. The summed E-state index contributed by atoms with van der Waals surface area (Å²) >= 11 is 1.94. The van der Waals surface area contributed by atoms with Gasteiger partial charge in [-0.05, 0) is 45.6 Å². The number of fused-ring (bicyclic) bond motifs is 1. The molecule has 3 heterocycles. The molecule has 2 aliphatic heterocycles. The van der Waals surface area contributed by atoms with Gasteiger partial charge in [-0.1, -0.05) is 0 Å². The zero-order chi connectivity index (χ0) is 16.6. The van der Waals surface area contributed by atoms with E-state index in [-0.39, 0.29) is 11.4 Å². The smallest absolute Gasteiger partial charge is 0.220 e. The first-order valence-electron chi connectivity index (χ1n) is 9.32. The quantitative estimate of drug-likeness (QED) is 0.886. The number of thiazole rings is 1. The van der Waals surface area contributed by atoms with Crippen LogP contribution >= 0.6 is 11.3 Å². The lowest BCUT2D eigenvalue weighted by molar-refractivity contribution is -0.121. The van der Waals surface area contributed by atoms with Crippen molar-refractivity contribution in [2.75, 3.05) is 33.2 Å². The largest absolute Gasteiger partial charge is 0.356 e. The summed E-state index contributed by atoms with van der Waals surface area (Å²) < 4.78 is 0. The minimum Gasteiger partial charge on any atom is -0.356 e. The monoisotopic (exact) mass is 348 g/mol. The maximum Gasteiger partial charge on any atom is 0.220 e. The average molecular weight is 349 g/mol. The lowest BCUT2D eigenvalue weighted by atomic mass is 9.86. The van der Waals surface area contributed by atoms with Gasteiger partial charge >= 0.3 is 0 Å². The molecule has 132 valence electrons. The van der Waals surface area contributed by atoms with E-state index in [2.05, 4.69) is 22.2 Å². The number of rotatable bonds is 2. The van der Waals surface area contributed by atoms with E-state index in [0.29, 0.717) is 6.42 Å². The summed E-state index contributed by atoms with van der Waals surface area (Å²) in [6, 6.07) is 0. The van der Waals surface area contributed by atoms with Crippen LogP contribution in [0.2, 0.25) is 0 Å². The Morgan fingerprint density at radius 3 is 2.96 bits per heavy atom. The zero-order valence-electron chi connectivity index (χ0n) is 14.6. The fraction of sp³-hybridized carbons (Fsp3) is 0.778. The van der Waals surface area contributed by atoms with E-state index in [0.717, 1.165) is 45.6 Å². The Kier molecular flexibility index (Phi) is 4.62. The molecule has 3 aliphatic rings. The standard InChI is InChI=1S/C18H28N4OS/c1-21-10-11-22(13-18(21)7-6-16(23)19-9-8-18)12-17-20-14-4-2-3-5-15(14)24-17/h2-13H2,1H3,(H,19,23). The molecule has 4 rings (SSSR count). The van der Waals surface area contributed by atoms with Gasteiger partial charge in [-0.3, -0.25) is 14.6 Å². The highest BCUT2D eigenvalue weighted by Gasteiger charge is 2.40. The van der Waals surface area contributed by atoms with Gasteiger partial charge in [0.25, 0.3) is 0 Å². The molecular weight excluding hydrogens is 320 g/mol. The molecule has 1 spiro atoms. The van der Waals surface area contributed by atoms with Crippen LogP contribution in [0.15, 0.2) is 0 Å². The molecule has 24 heavy (non-hydrogen) atoms. The minimum atomic E-state index is 0.147. The summed E-state index contributed by atoms with van der Waals surface area (Å²) in [5.74, 6) is 0.213. The van der Waals surface area contributed by atoms with Crippen LogP contribution in [0.5, 0.6) is 0 Å². The Balaban J connectivity index is 1.46. The number of likely N-dealkylation sites (N-methyl/N-ethyl adjacent to an activating group) is 1. The molecule has 0 radical (unpaired) electrons. The van der Waals surface area contributed by atoms with Crippen molar-refractivity contribution in [1.82, 2.24) is 20.1 Å². The molecule has 2 saturated heterocycles. The average Bonchev–Trinajstić information content (AvgIpc) is 2.89. The van der Waals surface area contributed by atoms with Crippen LogP contribution in [0, 0.1) is 0 Å². The second-order valence-corrected chi connectivity index (χ2v) is 8.81. The van der Waals surface area contributed by atoms with Crippen LogP contribution in [0.25, 0.3) is 0 Å². The first-order valence-corrected chi connectivity index (χ1v) is 10.1. The van der Waals surface area contributed by atoms with Crippen LogP contribution in [0.1, 0.15) is 47.7 Å². The third-order valence-electron chi connectivity index (χ3n) is 6.06. The number of nitrogens with zero attached hydrogens (tertiary/aromatic N) is 3. The Morgan fingerprint density at radius 1 is 1.21 bits per heavy atom. The molecular formula is C18H28N4OS. The molecule has 5 nitrogen and oxygen atoms in total. The van der Waals surface area contributed by atoms with Crippen molar-refractivity contribution >= 4 is 17.2 Å². The normalized spacial score (nSPS) is 29.3. The predicted molar refractivity (Wildman–Crippen MR) is 96.3 cm³/mol. The summed E-state index contributed by atoms with van der Waals surface area (Å²) in [6.07, 6.45) is 7.71. The summed E-state index contributed by atoms with van der Waals surface area (Å²) in [7, 11) is 2.23. The van der Waals surface area contributed by atoms with E-state index in [1.807, 2.05) is 11.3 Å². The van der Waals surface area contributed by atoms with Gasteiger partial charge in [-0.15, -0.1) is 11.3 Å². The molecule has 1 aromatic heterocycles. The van der Waals surface area contributed by atoms with Gasteiger partial charge in [0.2, 0.25) is 5.91 Å². The first kappa shape index (κ1) is 16.5. The third kappa shape index (κ3) is 3.24. The second-order valence-electron chi connectivity index (χ2n) is 7.64.